The first kappa shape index (κ1) is 29.4. The quantitative estimate of drug-likeness (QED) is 0.350. The van der Waals surface area contributed by atoms with Crippen LogP contribution in [0.25, 0.3) is 0 Å². The Bertz CT molecular complexity index is 1410. The molecule has 3 aromatic rings. The van der Waals surface area contributed by atoms with E-state index in [4.69, 9.17) is 9.47 Å². The number of thiazole rings is 1. The van der Waals surface area contributed by atoms with Crippen LogP contribution in [0.2, 0.25) is 0 Å². The maximum atomic E-state index is 13.8. The maximum Gasteiger partial charge on any atom is 0.321 e. The highest BCUT2D eigenvalue weighted by molar-refractivity contribution is 7.09. The Balaban J connectivity index is 1.30. The number of methoxy groups -OCH3 is 1. The van der Waals surface area contributed by atoms with Gasteiger partial charge in [0.25, 0.3) is 0 Å². The predicted octanol–water partition coefficient (Wildman–Crippen LogP) is 3.85. The lowest BCUT2D eigenvalue weighted by molar-refractivity contribution is -0.140. The Labute approximate surface area is 250 Å². The number of anilines is 1. The van der Waals surface area contributed by atoms with Gasteiger partial charge in [0, 0.05) is 43.2 Å². The molecular formula is C31H37N5O5S. The van der Waals surface area contributed by atoms with Crippen molar-refractivity contribution in [3.63, 3.8) is 0 Å². The zero-order valence-corrected chi connectivity index (χ0v) is 24.9. The number of nitrogens with zero attached hydrogens (tertiary/aromatic N) is 3. The summed E-state index contributed by atoms with van der Waals surface area (Å²) >= 11 is 1.62. The molecule has 2 saturated heterocycles. The number of urea groups is 1. The van der Waals surface area contributed by atoms with Gasteiger partial charge in [-0.3, -0.25) is 14.5 Å². The first-order chi connectivity index (χ1) is 20.4. The summed E-state index contributed by atoms with van der Waals surface area (Å²) in [6.45, 7) is 4.59. The molecule has 0 unspecified atom stereocenters. The van der Waals surface area contributed by atoms with E-state index in [0.717, 1.165) is 41.8 Å². The second-order valence-electron chi connectivity index (χ2n) is 10.5. The first-order valence-corrected chi connectivity index (χ1v) is 15.2. The fraction of sp³-hybridized carbons (Fsp3) is 0.419. The van der Waals surface area contributed by atoms with E-state index in [1.165, 1.54) is 4.88 Å². The third kappa shape index (κ3) is 7.02. The highest BCUT2D eigenvalue weighted by Crippen LogP contribution is 2.30. The molecule has 1 aromatic heterocycles. The van der Waals surface area contributed by atoms with Crippen LogP contribution in [0.5, 0.6) is 11.5 Å². The minimum absolute atomic E-state index is 0.119. The largest absolute Gasteiger partial charge is 0.493 e. The highest BCUT2D eigenvalue weighted by atomic mass is 32.1. The Hall–Kier alpha value is -4.12. The molecule has 2 aromatic carbocycles. The number of carbonyl (C=O) groups is 3. The summed E-state index contributed by atoms with van der Waals surface area (Å²) in [4.78, 5) is 47.7. The van der Waals surface area contributed by atoms with Gasteiger partial charge in [0.1, 0.15) is 6.04 Å². The number of amides is 4. The third-order valence-electron chi connectivity index (χ3n) is 7.68. The predicted molar refractivity (Wildman–Crippen MR) is 161 cm³/mol. The second kappa shape index (κ2) is 13.7. The standard InChI is InChI=1S/C31H37N5O5S/c1-21-28(42-20-34-21)12-16-41-26-11-8-23(17-27(26)40-2)19-36(25-5-3-4-13-32-30(25)38)29(37)18-22-6-9-24(10-7-22)35-15-14-33-31(35)39/h6-11,17,20,25H,3-5,12-16,18-19H2,1-2H3,(H,32,38)(H,33,39)/t25-/m0/s1. The van der Waals surface area contributed by atoms with Gasteiger partial charge >= 0.3 is 6.03 Å². The van der Waals surface area contributed by atoms with Crippen LogP contribution >= 0.6 is 11.3 Å². The number of aromatic nitrogens is 1. The normalized spacial score (nSPS) is 16.9. The zero-order valence-electron chi connectivity index (χ0n) is 24.1. The average molecular weight is 592 g/mol. The van der Waals surface area contributed by atoms with E-state index in [0.29, 0.717) is 44.2 Å². The van der Waals surface area contributed by atoms with Crippen molar-refractivity contribution in [2.24, 2.45) is 0 Å². The SMILES string of the molecule is COc1cc(CN(C(=O)Cc2ccc(N3CCNC3=O)cc2)[C@H]2CCCCNC2=O)ccc1OCCc1scnc1C. The lowest BCUT2D eigenvalue weighted by atomic mass is 10.0. The summed E-state index contributed by atoms with van der Waals surface area (Å²) in [7, 11) is 1.59. The van der Waals surface area contributed by atoms with Crippen LogP contribution in [0, 0.1) is 6.92 Å². The van der Waals surface area contributed by atoms with E-state index in [-0.39, 0.29) is 30.8 Å². The van der Waals surface area contributed by atoms with Crippen molar-refractivity contribution in [1.82, 2.24) is 20.5 Å². The van der Waals surface area contributed by atoms with Crippen molar-refractivity contribution in [3.05, 3.63) is 69.7 Å². The molecule has 2 aliphatic rings. The van der Waals surface area contributed by atoms with E-state index >= 15 is 0 Å². The molecule has 0 bridgehead atoms. The molecule has 0 saturated carbocycles. The Morgan fingerprint density at radius 1 is 1.07 bits per heavy atom. The van der Waals surface area contributed by atoms with Gasteiger partial charge in [-0.25, -0.2) is 9.78 Å². The number of benzene rings is 2. The molecule has 222 valence electrons. The van der Waals surface area contributed by atoms with E-state index in [1.807, 2.05) is 54.9 Å². The van der Waals surface area contributed by atoms with Gasteiger partial charge in [-0.15, -0.1) is 11.3 Å². The van der Waals surface area contributed by atoms with E-state index in [2.05, 4.69) is 15.6 Å². The minimum Gasteiger partial charge on any atom is -0.493 e. The van der Waals surface area contributed by atoms with Gasteiger partial charge in [0.2, 0.25) is 11.8 Å². The monoisotopic (exact) mass is 591 g/mol. The lowest BCUT2D eigenvalue weighted by Gasteiger charge is -2.30. The fourth-order valence-electron chi connectivity index (χ4n) is 5.33. The minimum atomic E-state index is -0.558. The van der Waals surface area contributed by atoms with Gasteiger partial charge < -0.3 is 25.0 Å². The van der Waals surface area contributed by atoms with Gasteiger partial charge in [-0.2, -0.15) is 0 Å². The molecule has 0 spiro atoms. The van der Waals surface area contributed by atoms with Crippen LogP contribution in [0.4, 0.5) is 10.5 Å². The van der Waals surface area contributed by atoms with Crippen LogP contribution in [0.3, 0.4) is 0 Å². The maximum absolute atomic E-state index is 13.8. The Kier molecular flexibility index (Phi) is 9.58. The molecule has 2 fully saturated rings. The van der Waals surface area contributed by atoms with Gasteiger partial charge in [-0.1, -0.05) is 18.2 Å². The molecule has 5 rings (SSSR count). The number of nitrogens with one attached hydrogen (secondary N) is 2. The molecule has 0 radical (unpaired) electrons. The van der Waals surface area contributed by atoms with Gasteiger partial charge in [0.05, 0.1) is 31.3 Å². The summed E-state index contributed by atoms with van der Waals surface area (Å²) in [5, 5.41) is 5.77. The summed E-state index contributed by atoms with van der Waals surface area (Å²) in [6.07, 6.45) is 3.25. The molecule has 0 aliphatic carbocycles. The molecule has 10 nitrogen and oxygen atoms in total. The van der Waals surface area contributed by atoms with Crippen LogP contribution in [-0.2, 0) is 29.0 Å². The van der Waals surface area contributed by atoms with Crippen molar-refractivity contribution in [3.8, 4) is 11.5 Å². The molecule has 42 heavy (non-hydrogen) atoms. The molecule has 2 N–H and O–H groups in total. The lowest BCUT2D eigenvalue weighted by Crippen LogP contribution is -2.48. The molecule has 1 atom stereocenters. The number of carbonyl (C=O) groups excluding carboxylic acids is 3. The summed E-state index contributed by atoms with van der Waals surface area (Å²) in [5.41, 5.74) is 5.31. The number of aryl methyl sites for hydroxylation is 1. The molecule has 3 heterocycles. The van der Waals surface area contributed by atoms with Crippen LogP contribution < -0.4 is 25.0 Å². The van der Waals surface area contributed by atoms with Crippen molar-refractivity contribution < 1.29 is 23.9 Å². The Morgan fingerprint density at radius 2 is 1.88 bits per heavy atom. The molecule has 11 heteroatoms. The highest BCUT2D eigenvalue weighted by Gasteiger charge is 2.31. The van der Waals surface area contributed by atoms with E-state index < -0.39 is 6.04 Å². The van der Waals surface area contributed by atoms with Gasteiger partial charge in [-0.05, 0) is 61.6 Å². The van der Waals surface area contributed by atoms with E-state index in [9.17, 15) is 14.4 Å². The molecule has 4 amide bonds. The van der Waals surface area contributed by atoms with Crippen LogP contribution in [0.1, 0.15) is 41.0 Å². The van der Waals surface area contributed by atoms with Crippen LogP contribution in [-0.4, -0.2) is 67.1 Å². The number of rotatable bonds is 11. The smallest absolute Gasteiger partial charge is 0.321 e. The van der Waals surface area contributed by atoms with Crippen LogP contribution in [0.15, 0.2) is 48.0 Å². The van der Waals surface area contributed by atoms with Crippen molar-refractivity contribution in [2.75, 3.05) is 38.3 Å². The van der Waals surface area contributed by atoms with Crippen molar-refractivity contribution in [2.45, 2.75) is 51.6 Å². The number of hydrogen-bond donors (Lipinski definition) is 2. The summed E-state index contributed by atoms with van der Waals surface area (Å²) in [5.74, 6) is 0.942. The number of hydrogen-bond acceptors (Lipinski definition) is 7. The molecule has 2 aliphatic heterocycles. The zero-order chi connectivity index (χ0) is 29.5. The summed E-state index contributed by atoms with van der Waals surface area (Å²) in [6, 6.07) is 12.4. The molecular weight excluding hydrogens is 554 g/mol. The van der Waals surface area contributed by atoms with E-state index in [1.54, 1.807) is 28.2 Å². The average Bonchev–Trinajstić information content (AvgIpc) is 3.55. The first-order valence-electron chi connectivity index (χ1n) is 14.3. The fourth-order valence-corrected chi connectivity index (χ4v) is 6.09. The second-order valence-corrected chi connectivity index (χ2v) is 11.4. The van der Waals surface area contributed by atoms with Crippen molar-refractivity contribution >= 4 is 34.9 Å². The topological polar surface area (TPSA) is 113 Å². The Morgan fingerprint density at radius 3 is 2.60 bits per heavy atom. The van der Waals surface area contributed by atoms with Crippen molar-refractivity contribution in [1.29, 1.82) is 0 Å². The number of ether oxygens (including phenoxy) is 2. The summed E-state index contributed by atoms with van der Waals surface area (Å²) < 4.78 is 11.7. The van der Waals surface area contributed by atoms with Gasteiger partial charge in [0.15, 0.2) is 11.5 Å². The third-order valence-corrected chi connectivity index (χ3v) is 8.67.